The van der Waals surface area contributed by atoms with E-state index in [-0.39, 0.29) is 0 Å². The average Bonchev–Trinajstić information content (AvgIpc) is 2.61. The van der Waals surface area contributed by atoms with Crippen molar-refractivity contribution >= 4 is 10.9 Å². The van der Waals surface area contributed by atoms with Crippen molar-refractivity contribution in [3.8, 4) is 6.07 Å². The van der Waals surface area contributed by atoms with Crippen molar-refractivity contribution in [1.82, 2.24) is 4.57 Å². The monoisotopic (exact) mass is 183 g/mol. The van der Waals surface area contributed by atoms with E-state index in [2.05, 4.69) is 23.6 Å². The van der Waals surface area contributed by atoms with Crippen LogP contribution in [0.4, 0.5) is 0 Å². The number of nitrogens with zero attached hydrogens (tertiary/aromatic N) is 2. The number of aryl methyl sites for hydroxylation is 1. The number of fused-ring (bicyclic) bond motifs is 1. The maximum Gasteiger partial charge on any atom is 0.0992 e. The molecule has 0 N–H and O–H groups in total. The van der Waals surface area contributed by atoms with Gasteiger partial charge in [0.25, 0.3) is 0 Å². The van der Waals surface area contributed by atoms with Crippen LogP contribution in [0.3, 0.4) is 0 Å². The van der Waals surface area contributed by atoms with Crippen molar-refractivity contribution in [2.75, 3.05) is 0 Å². The first-order valence-corrected chi connectivity index (χ1v) is 4.63. The van der Waals surface area contributed by atoms with Crippen molar-refractivity contribution < 1.29 is 0 Å². The highest BCUT2D eigenvalue weighted by molar-refractivity contribution is 5.81. The third-order valence-electron chi connectivity index (χ3n) is 2.30. The lowest BCUT2D eigenvalue weighted by Crippen LogP contribution is -1.93. The Morgan fingerprint density at radius 1 is 1.36 bits per heavy atom. The van der Waals surface area contributed by atoms with Crippen molar-refractivity contribution in [2.45, 2.75) is 13.0 Å². The van der Waals surface area contributed by atoms with Crippen LogP contribution >= 0.6 is 0 Å². The number of hydrogen-bond acceptors (Lipinski definition) is 1. The van der Waals surface area contributed by atoms with E-state index in [9.17, 15) is 0 Å². The zero-order valence-electron chi connectivity index (χ0n) is 7.90. The second kappa shape index (κ2) is 3.55. The van der Waals surface area contributed by atoms with Gasteiger partial charge in [0.1, 0.15) is 0 Å². The molecule has 1 heterocycles. The Balaban J connectivity index is 2.59. The molecule has 0 aliphatic rings. The molecule has 1 aromatic carbocycles. The van der Waals surface area contributed by atoms with E-state index in [1.165, 1.54) is 5.39 Å². The van der Waals surface area contributed by atoms with Gasteiger partial charge >= 0.3 is 0 Å². The third kappa shape index (κ3) is 1.38. The summed E-state index contributed by atoms with van der Waals surface area (Å²) in [6, 6.07) is 9.96. The summed E-state index contributed by atoms with van der Waals surface area (Å²) in [5, 5.41) is 9.96. The van der Waals surface area contributed by atoms with Gasteiger partial charge in [0, 0.05) is 18.3 Å². The van der Waals surface area contributed by atoms with Crippen molar-refractivity contribution in [3.63, 3.8) is 0 Å². The Bertz CT molecular complexity index is 488. The van der Waals surface area contributed by atoms with Gasteiger partial charge in [0.2, 0.25) is 0 Å². The first-order chi connectivity index (χ1) is 6.85. The molecule has 2 nitrogen and oxygen atoms in total. The average molecular weight is 183 g/mol. The second-order valence-corrected chi connectivity index (χ2v) is 3.25. The minimum atomic E-state index is 0.710. The number of benzene rings is 1. The maximum absolute atomic E-state index is 8.78. The fourth-order valence-electron chi connectivity index (χ4n) is 1.62. The molecule has 0 bridgehead atoms. The van der Waals surface area contributed by atoms with Gasteiger partial charge in [0.05, 0.1) is 11.6 Å². The van der Waals surface area contributed by atoms with Gasteiger partial charge in [-0.2, -0.15) is 5.26 Å². The van der Waals surface area contributed by atoms with Crippen LogP contribution < -0.4 is 0 Å². The third-order valence-corrected chi connectivity index (χ3v) is 2.30. The topological polar surface area (TPSA) is 28.7 Å². The summed E-state index contributed by atoms with van der Waals surface area (Å²) in [6.45, 7) is 4.73. The number of rotatable bonds is 2. The molecule has 0 aliphatic heterocycles. The Labute approximate surface area is 83.4 Å². The first-order valence-electron chi connectivity index (χ1n) is 4.63. The van der Waals surface area contributed by atoms with Crippen LogP contribution in [-0.4, -0.2) is 4.57 Å². The molecule has 0 unspecified atom stereocenters. The van der Waals surface area contributed by atoms with E-state index in [0.717, 1.165) is 18.5 Å². The van der Waals surface area contributed by atoms with Gasteiger partial charge in [-0.15, -0.1) is 0 Å². The van der Waals surface area contributed by atoms with E-state index >= 15 is 0 Å². The molecular formula is C12H11N2. The lowest BCUT2D eigenvalue weighted by molar-refractivity contribution is 0.736. The molecule has 0 saturated heterocycles. The van der Waals surface area contributed by atoms with E-state index in [0.29, 0.717) is 5.56 Å². The summed E-state index contributed by atoms with van der Waals surface area (Å²) in [5.41, 5.74) is 1.83. The predicted molar refractivity (Wildman–Crippen MR) is 56.6 cm³/mol. The quantitative estimate of drug-likeness (QED) is 0.703. The molecule has 0 fully saturated rings. The molecule has 69 valence electrons. The molecule has 2 rings (SSSR count). The number of nitriles is 1. The Morgan fingerprint density at radius 3 is 2.93 bits per heavy atom. The van der Waals surface area contributed by atoms with Crippen LogP contribution in [0.15, 0.2) is 30.5 Å². The van der Waals surface area contributed by atoms with Crippen molar-refractivity contribution in [1.29, 1.82) is 5.26 Å². The molecule has 1 aromatic heterocycles. The van der Waals surface area contributed by atoms with Gasteiger partial charge in [-0.3, -0.25) is 0 Å². The molecule has 0 atom stereocenters. The van der Waals surface area contributed by atoms with E-state index < -0.39 is 0 Å². The van der Waals surface area contributed by atoms with Crippen LogP contribution in [0.25, 0.3) is 10.9 Å². The Hall–Kier alpha value is -1.75. The zero-order valence-corrected chi connectivity index (χ0v) is 7.90. The van der Waals surface area contributed by atoms with Crippen LogP contribution in [-0.2, 0) is 6.54 Å². The second-order valence-electron chi connectivity index (χ2n) is 3.25. The highest BCUT2D eigenvalue weighted by atomic mass is 14.9. The molecule has 0 saturated carbocycles. The lowest BCUT2D eigenvalue weighted by atomic mass is 10.2. The Morgan fingerprint density at radius 2 is 2.21 bits per heavy atom. The number of aromatic nitrogens is 1. The standard InChI is InChI=1S/C12H11N2/c1-2-6-14-7-5-11-4-3-10(9-13)8-12(11)14/h3-5,7-8H,1-2,6H2. The predicted octanol–water partition coefficient (Wildman–Crippen LogP) is 2.74. The minimum absolute atomic E-state index is 0.710. The van der Waals surface area contributed by atoms with Crippen molar-refractivity contribution in [3.05, 3.63) is 42.9 Å². The molecule has 14 heavy (non-hydrogen) atoms. The molecule has 0 amide bonds. The molecule has 1 radical (unpaired) electrons. The normalized spacial score (nSPS) is 10.3. The van der Waals surface area contributed by atoms with Gasteiger partial charge < -0.3 is 4.57 Å². The molecule has 0 spiro atoms. The minimum Gasteiger partial charge on any atom is -0.347 e. The van der Waals surface area contributed by atoms with E-state index in [4.69, 9.17) is 5.26 Å². The fraction of sp³-hybridized carbons (Fsp3) is 0.167. The van der Waals surface area contributed by atoms with Crippen LogP contribution in [0.5, 0.6) is 0 Å². The Kier molecular flexibility index (Phi) is 2.24. The van der Waals surface area contributed by atoms with Gasteiger partial charge in [0.15, 0.2) is 0 Å². The number of hydrogen-bond donors (Lipinski definition) is 0. The molecule has 0 aliphatic carbocycles. The smallest absolute Gasteiger partial charge is 0.0992 e. The summed E-state index contributed by atoms with van der Waals surface area (Å²) in [6.07, 6.45) is 2.90. The summed E-state index contributed by atoms with van der Waals surface area (Å²) < 4.78 is 2.13. The lowest BCUT2D eigenvalue weighted by Gasteiger charge is -2.02. The van der Waals surface area contributed by atoms with Crippen LogP contribution in [0.2, 0.25) is 0 Å². The molecule has 2 heteroatoms. The summed E-state index contributed by atoms with van der Waals surface area (Å²) in [7, 11) is 0. The fourth-order valence-corrected chi connectivity index (χ4v) is 1.62. The SMILES string of the molecule is [CH2]CCn1ccc2ccc(C#N)cc21. The van der Waals surface area contributed by atoms with Crippen molar-refractivity contribution in [2.24, 2.45) is 0 Å². The van der Waals surface area contributed by atoms with Crippen LogP contribution in [0.1, 0.15) is 12.0 Å². The van der Waals surface area contributed by atoms with E-state index in [1.54, 1.807) is 0 Å². The molecule has 2 aromatic rings. The largest absolute Gasteiger partial charge is 0.347 e. The zero-order chi connectivity index (χ0) is 9.97. The highest BCUT2D eigenvalue weighted by Crippen LogP contribution is 2.17. The van der Waals surface area contributed by atoms with Gasteiger partial charge in [-0.1, -0.05) is 13.0 Å². The highest BCUT2D eigenvalue weighted by Gasteiger charge is 2.00. The van der Waals surface area contributed by atoms with E-state index in [1.807, 2.05) is 24.4 Å². The van der Waals surface area contributed by atoms with Crippen LogP contribution in [0, 0.1) is 18.3 Å². The first kappa shape index (κ1) is 8.83. The van der Waals surface area contributed by atoms with Gasteiger partial charge in [-0.25, -0.2) is 0 Å². The summed E-state index contributed by atoms with van der Waals surface area (Å²) in [5.74, 6) is 0. The van der Waals surface area contributed by atoms with Gasteiger partial charge in [-0.05, 0) is 30.0 Å². The summed E-state index contributed by atoms with van der Waals surface area (Å²) in [4.78, 5) is 0. The maximum atomic E-state index is 8.78. The molecular weight excluding hydrogens is 172 g/mol. The summed E-state index contributed by atoms with van der Waals surface area (Å²) >= 11 is 0.